The fourth-order valence-electron chi connectivity index (χ4n) is 2.30. The normalized spacial score (nSPS) is 14.8. The molecule has 104 valence electrons. The average molecular weight is 317 g/mol. The standard InChI is InChI=1S/C14H18Cl2N2S/c1-9(8-19-3)7-18-13-11(16)5-4-6-12(13)17-14(18)10(2)15/h4-6,9-10H,7-8H2,1-3H3. The van der Waals surface area contributed by atoms with Crippen LogP contribution in [0.4, 0.5) is 0 Å². The van der Waals surface area contributed by atoms with Crippen molar-refractivity contribution in [1.82, 2.24) is 9.55 Å². The summed E-state index contributed by atoms with van der Waals surface area (Å²) in [6.07, 6.45) is 2.13. The second kappa shape index (κ2) is 6.38. The summed E-state index contributed by atoms with van der Waals surface area (Å²) in [5.74, 6) is 2.57. The molecule has 0 N–H and O–H groups in total. The highest BCUT2D eigenvalue weighted by Crippen LogP contribution is 2.30. The Kier molecular flexibility index (Phi) is 5.04. The van der Waals surface area contributed by atoms with Crippen LogP contribution >= 0.6 is 35.0 Å². The van der Waals surface area contributed by atoms with Crippen LogP contribution < -0.4 is 0 Å². The Morgan fingerprint density at radius 1 is 1.37 bits per heavy atom. The molecule has 0 saturated carbocycles. The van der Waals surface area contributed by atoms with Crippen LogP contribution in [0, 0.1) is 5.92 Å². The summed E-state index contributed by atoms with van der Waals surface area (Å²) in [5.41, 5.74) is 1.92. The lowest BCUT2D eigenvalue weighted by molar-refractivity contribution is 0.524. The van der Waals surface area contributed by atoms with Gasteiger partial charge in [0.2, 0.25) is 0 Å². The fraction of sp³-hybridized carbons (Fsp3) is 0.500. The highest BCUT2D eigenvalue weighted by Gasteiger charge is 2.18. The molecule has 0 spiro atoms. The zero-order valence-electron chi connectivity index (χ0n) is 11.4. The summed E-state index contributed by atoms with van der Waals surface area (Å²) in [6.45, 7) is 5.09. The lowest BCUT2D eigenvalue weighted by Gasteiger charge is -2.15. The van der Waals surface area contributed by atoms with E-state index in [-0.39, 0.29) is 5.38 Å². The van der Waals surface area contributed by atoms with E-state index in [2.05, 4.69) is 22.7 Å². The molecule has 2 nitrogen and oxygen atoms in total. The second-order valence-electron chi connectivity index (χ2n) is 4.86. The van der Waals surface area contributed by atoms with Gasteiger partial charge in [0.1, 0.15) is 5.82 Å². The smallest absolute Gasteiger partial charge is 0.127 e. The minimum atomic E-state index is -0.120. The van der Waals surface area contributed by atoms with E-state index in [1.165, 1.54) is 0 Å². The highest BCUT2D eigenvalue weighted by atomic mass is 35.5. The van der Waals surface area contributed by atoms with Crippen molar-refractivity contribution in [2.45, 2.75) is 25.8 Å². The number of imidazole rings is 1. The monoisotopic (exact) mass is 316 g/mol. The van der Waals surface area contributed by atoms with Crippen LogP contribution in [0.15, 0.2) is 18.2 Å². The number of para-hydroxylation sites is 1. The van der Waals surface area contributed by atoms with Crippen molar-refractivity contribution >= 4 is 46.0 Å². The molecule has 2 unspecified atom stereocenters. The summed E-state index contributed by atoms with van der Waals surface area (Å²) in [7, 11) is 0. The van der Waals surface area contributed by atoms with Gasteiger partial charge in [-0.25, -0.2) is 4.98 Å². The average Bonchev–Trinajstić information content (AvgIpc) is 2.70. The van der Waals surface area contributed by atoms with E-state index in [4.69, 9.17) is 23.2 Å². The van der Waals surface area contributed by atoms with Crippen molar-refractivity contribution in [3.8, 4) is 0 Å². The molecule has 0 aliphatic carbocycles. The molecule has 2 atom stereocenters. The maximum absolute atomic E-state index is 6.33. The topological polar surface area (TPSA) is 17.8 Å². The molecular formula is C14H18Cl2N2S. The lowest BCUT2D eigenvalue weighted by atomic mass is 10.2. The molecule has 1 heterocycles. The number of alkyl halides is 1. The molecule has 0 bridgehead atoms. The molecule has 0 aliphatic heterocycles. The number of halogens is 2. The van der Waals surface area contributed by atoms with Gasteiger partial charge in [-0.3, -0.25) is 0 Å². The Bertz CT molecular complexity index is 566. The Morgan fingerprint density at radius 3 is 2.74 bits per heavy atom. The van der Waals surface area contributed by atoms with Gasteiger partial charge < -0.3 is 4.57 Å². The summed E-state index contributed by atoms with van der Waals surface area (Å²) in [6, 6.07) is 5.82. The first kappa shape index (κ1) is 15.0. The van der Waals surface area contributed by atoms with Gasteiger partial charge in [0, 0.05) is 6.54 Å². The van der Waals surface area contributed by atoms with Gasteiger partial charge in [0.25, 0.3) is 0 Å². The molecule has 0 amide bonds. The zero-order valence-corrected chi connectivity index (χ0v) is 13.7. The second-order valence-corrected chi connectivity index (χ2v) is 6.84. The summed E-state index contributed by atoms with van der Waals surface area (Å²) in [5, 5.41) is 0.620. The highest BCUT2D eigenvalue weighted by molar-refractivity contribution is 7.98. The third-order valence-electron chi connectivity index (χ3n) is 3.05. The summed E-state index contributed by atoms with van der Waals surface area (Å²) < 4.78 is 2.18. The third-order valence-corrected chi connectivity index (χ3v) is 4.45. The number of aromatic nitrogens is 2. The number of thioether (sulfide) groups is 1. The quantitative estimate of drug-likeness (QED) is 0.723. The van der Waals surface area contributed by atoms with Gasteiger partial charge in [0.05, 0.1) is 21.4 Å². The van der Waals surface area contributed by atoms with Crippen LogP contribution in [0.2, 0.25) is 5.02 Å². The predicted octanol–water partition coefficient (Wildman–Crippen LogP) is 4.99. The van der Waals surface area contributed by atoms with Crippen molar-refractivity contribution < 1.29 is 0 Å². The van der Waals surface area contributed by atoms with E-state index in [9.17, 15) is 0 Å². The van der Waals surface area contributed by atoms with E-state index < -0.39 is 0 Å². The Hall–Kier alpha value is -0.380. The molecule has 19 heavy (non-hydrogen) atoms. The van der Waals surface area contributed by atoms with Crippen LogP contribution in [0.25, 0.3) is 11.0 Å². The molecule has 5 heteroatoms. The van der Waals surface area contributed by atoms with Crippen LogP contribution in [0.3, 0.4) is 0 Å². The molecule has 0 fully saturated rings. The molecule has 0 radical (unpaired) electrons. The minimum absolute atomic E-state index is 0.120. The number of fused-ring (bicyclic) bond motifs is 1. The number of nitrogens with zero attached hydrogens (tertiary/aromatic N) is 2. The summed E-state index contributed by atoms with van der Waals surface area (Å²) in [4.78, 5) is 4.63. The van der Waals surface area contributed by atoms with Crippen LogP contribution in [-0.2, 0) is 6.54 Å². The molecule has 0 aliphatic rings. The first-order valence-corrected chi connectivity index (χ1v) is 8.53. The van der Waals surface area contributed by atoms with Crippen molar-refractivity contribution in [2.75, 3.05) is 12.0 Å². The van der Waals surface area contributed by atoms with Crippen molar-refractivity contribution in [2.24, 2.45) is 5.92 Å². The first-order valence-electron chi connectivity index (χ1n) is 6.32. The number of benzene rings is 1. The van der Waals surface area contributed by atoms with Gasteiger partial charge in [-0.05, 0) is 37.0 Å². The Balaban J connectivity index is 2.51. The minimum Gasteiger partial charge on any atom is -0.325 e. The predicted molar refractivity (Wildman–Crippen MR) is 86.6 cm³/mol. The number of hydrogen-bond donors (Lipinski definition) is 0. The van der Waals surface area contributed by atoms with E-state index in [0.717, 1.165) is 34.2 Å². The third kappa shape index (κ3) is 3.21. The van der Waals surface area contributed by atoms with E-state index in [0.29, 0.717) is 5.92 Å². The van der Waals surface area contributed by atoms with Crippen molar-refractivity contribution in [3.05, 3.63) is 29.0 Å². The van der Waals surface area contributed by atoms with Crippen LogP contribution in [0.1, 0.15) is 25.0 Å². The Labute approximate surface area is 128 Å². The maximum Gasteiger partial charge on any atom is 0.127 e. The van der Waals surface area contributed by atoms with Crippen molar-refractivity contribution in [1.29, 1.82) is 0 Å². The van der Waals surface area contributed by atoms with Gasteiger partial charge in [-0.1, -0.05) is 24.6 Å². The van der Waals surface area contributed by atoms with Crippen LogP contribution in [-0.4, -0.2) is 21.6 Å². The molecule has 1 aromatic carbocycles. The SMILES string of the molecule is CSCC(C)Cn1c(C(C)Cl)nc2cccc(Cl)c21. The van der Waals surface area contributed by atoms with Gasteiger partial charge >= 0.3 is 0 Å². The van der Waals surface area contributed by atoms with Gasteiger partial charge in [-0.15, -0.1) is 11.6 Å². The molecule has 2 rings (SSSR count). The summed E-state index contributed by atoms with van der Waals surface area (Å²) >= 11 is 14.4. The molecule has 1 aromatic heterocycles. The number of rotatable bonds is 5. The fourth-order valence-corrected chi connectivity index (χ4v) is 3.41. The van der Waals surface area contributed by atoms with E-state index >= 15 is 0 Å². The van der Waals surface area contributed by atoms with E-state index in [1.807, 2.05) is 36.9 Å². The number of hydrogen-bond acceptors (Lipinski definition) is 2. The lowest BCUT2D eigenvalue weighted by Crippen LogP contribution is -2.13. The maximum atomic E-state index is 6.33. The zero-order chi connectivity index (χ0) is 14.0. The van der Waals surface area contributed by atoms with Gasteiger partial charge in [-0.2, -0.15) is 11.8 Å². The molecular weight excluding hydrogens is 299 g/mol. The largest absolute Gasteiger partial charge is 0.325 e. The van der Waals surface area contributed by atoms with Gasteiger partial charge in [0.15, 0.2) is 0 Å². The molecule has 2 aromatic rings. The first-order chi connectivity index (χ1) is 9.04. The Morgan fingerprint density at radius 2 is 2.11 bits per heavy atom. The van der Waals surface area contributed by atoms with E-state index in [1.54, 1.807) is 0 Å². The van der Waals surface area contributed by atoms with Crippen molar-refractivity contribution in [3.63, 3.8) is 0 Å². The molecule has 0 saturated heterocycles. The van der Waals surface area contributed by atoms with Crippen LogP contribution in [0.5, 0.6) is 0 Å².